The number of rotatable bonds is 4. The van der Waals surface area contributed by atoms with Gasteiger partial charge in [0.1, 0.15) is 11.6 Å². The van der Waals surface area contributed by atoms with Crippen LogP contribution in [0.1, 0.15) is 5.56 Å². The molecule has 4 N–H and O–H groups in total. The monoisotopic (exact) mass is 294 g/mol. The van der Waals surface area contributed by atoms with E-state index in [-0.39, 0.29) is 22.0 Å². The number of anilines is 2. The average molecular weight is 294 g/mol. The highest BCUT2D eigenvalue weighted by Crippen LogP contribution is 2.20. The van der Waals surface area contributed by atoms with Crippen LogP contribution in [0.3, 0.4) is 0 Å². The van der Waals surface area contributed by atoms with Gasteiger partial charge >= 0.3 is 0 Å². The number of nitrogens with zero attached hydrogens (tertiary/aromatic N) is 1. The minimum absolute atomic E-state index is 0.0924. The van der Waals surface area contributed by atoms with Crippen LogP contribution in [0.2, 0.25) is 0 Å². The summed E-state index contributed by atoms with van der Waals surface area (Å²) in [4.78, 5) is 3.67. The molecule has 0 aliphatic rings. The summed E-state index contributed by atoms with van der Waals surface area (Å²) in [5.74, 6) is -0.412. The van der Waals surface area contributed by atoms with Crippen LogP contribution in [-0.4, -0.2) is 19.6 Å². The highest BCUT2D eigenvalue weighted by Gasteiger charge is 2.16. The molecular formula is C12H11FN4O2S. The summed E-state index contributed by atoms with van der Waals surface area (Å²) in [5.41, 5.74) is 5.89. The Hall–Kier alpha value is -2.48. The fourth-order valence-electron chi connectivity index (χ4n) is 1.50. The van der Waals surface area contributed by atoms with E-state index in [0.29, 0.717) is 0 Å². The number of sulfonamides is 1. The van der Waals surface area contributed by atoms with E-state index < -0.39 is 15.8 Å². The van der Waals surface area contributed by atoms with Crippen molar-refractivity contribution in [1.29, 1.82) is 5.41 Å². The Bertz CT molecular complexity index is 745. The summed E-state index contributed by atoms with van der Waals surface area (Å²) in [6.07, 6.45) is 2.24. The largest absolute Gasteiger partial charge is 0.384 e. The maximum atomic E-state index is 12.8. The van der Waals surface area contributed by atoms with E-state index in [2.05, 4.69) is 9.71 Å². The van der Waals surface area contributed by atoms with Gasteiger partial charge in [-0.15, -0.1) is 0 Å². The SMILES string of the molecule is N=Cc1cnc(N)cc1NS(=O)(=O)c1ccc(F)cc1. The van der Waals surface area contributed by atoms with E-state index >= 15 is 0 Å². The zero-order valence-corrected chi connectivity index (χ0v) is 11.0. The molecule has 0 radical (unpaired) electrons. The number of nitrogen functional groups attached to an aromatic ring is 1. The lowest BCUT2D eigenvalue weighted by Gasteiger charge is -2.10. The number of hydrogen-bond donors (Lipinski definition) is 3. The van der Waals surface area contributed by atoms with E-state index in [0.717, 1.165) is 30.5 Å². The first kappa shape index (κ1) is 13.9. The van der Waals surface area contributed by atoms with Crippen LogP contribution in [0.4, 0.5) is 15.9 Å². The molecule has 0 fully saturated rings. The topological polar surface area (TPSA) is 109 Å². The lowest BCUT2D eigenvalue weighted by Crippen LogP contribution is -2.14. The van der Waals surface area contributed by atoms with Gasteiger partial charge < -0.3 is 11.1 Å². The van der Waals surface area contributed by atoms with Crippen LogP contribution >= 0.6 is 0 Å². The average Bonchev–Trinajstić information content (AvgIpc) is 2.39. The molecule has 0 saturated heterocycles. The van der Waals surface area contributed by atoms with Gasteiger partial charge in [-0.2, -0.15) is 0 Å². The molecule has 0 amide bonds. The predicted octanol–water partition coefficient (Wildman–Crippen LogP) is 1.60. The van der Waals surface area contributed by atoms with Crippen molar-refractivity contribution >= 4 is 27.7 Å². The molecule has 6 nitrogen and oxygen atoms in total. The van der Waals surface area contributed by atoms with Gasteiger partial charge in [0.05, 0.1) is 10.6 Å². The van der Waals surface area contributed by atoms with Crippen LogP contribution in [0.15, 0.2) is 41.4 Å². The van der Waals surface area contributed by atoms with Gasteiger partial charge in [0.2, 0.25) is 0 Å². The number of hydrogen-bond acceptors (Lipinski definition) is 5. The molecule has 1 aromatic heterocycles. The Labute approximate surface area is 115 Å². The van der Waals surface area contributed by atoms with Crippen molar-refractivity contribution in [3.8, 4) is 0 Å². The van der Waals surface area contributed by atoms with Crippen molar-refractivity contribution in [2.45, 2.75) is 4.90 Å². The fraction of sp³-hybridized carbons (Fsp3) is 0. The molecule has 20 heavy (non-hydrogen) atoms. The number of aromatic nitrogens is 1. The smallest absolute Gasteiger partial charge is 0.261 e. The Morgan fingerprint density at radius 1 is 1.30 bits per heavy atom. The summed E-state index contributed by atoms with van der Waals surface area (Å²) in [6.45, 7) is 0. The van der Waals surface area contributed by atoms with Crippen LogP contribution in [0.25, 0.3) is 0 Å². The second-order valence-electron chi connectivity index (χ2n) is 3.90. The third kappa shape index (κ3) is 2.91. The predicted molar refractivity (Wildman–Crippen MR) is 73.7 cm³/mol. The maximum Gasteiger partial charge on any atom is 0.261 e. The highest BCUT2D eigenvalue weighted by molar-refractivity contribution is 7.92. The van der Waals surface area contributed by atoms with E-state index in [4.69, 9.17) is 11.1 Å². The van der Waals surface area contributed by atoms with E-state index in [1.165, 1.54) is 12.3 Å². The van der Waals surface area contributed by atoms with Gasteiger partial charge in [0.15, 0.2) is 0 Å². The number of nitrogens with one attached hydrogen (secondary N) is 2. The molecular weight excluding hydrogens is 283 g/mol. The van der Waals surface area contributed by atoms with Crippen LogP contribution in [-0.2, 0) is 10.0 Å². The summed E-state index contributed by atoms with van der Waals surface area (Å²) in [5, 5.41) is 7.21. The van der Waals surface area contributed by atoms with Crippen molar-refractivity contribution in [3.63, 3.8) is 0 Å². The third-order valence-electron chi connectivity index (χ3n) is 2.48. The number of nitrogens with two attached hydrogens (primary N) is 1. The summed E-state index contributed by atoms with van der Waals surface area (Å²) >= 11 is 0. The van der Waals surface area contributed by atoms with Gasteiger partial charge in [0, 0.05) is 24.0 Å². The number of pyridine rings is 1. The zero-order chi connectivity index (χ0) is 14.8. The quantitative estimate of drug-likeness (QED) is 0.744. The van der Waals surface area contributed by atoms with Crippen molar-refractivity contribution in [2.24, 2.45) is 0 Å². The molecule has 0 unspecified atom stereocenters. The van der Waals surface area contributed by atoms with Crippen molar-refractivity contribution in [3.05, 3.63) is 47.9 Å². The molecule has 0 spiro atoms. The first-order valence-electron chi connectivity index (χ1n) is 5.47. The summed E-state index contributed by atoms with van der Waals surface area (Å²) in [6, 6.07) is 5.69. The second-order valence-corrected chi connectivity index (χ2v) is 5.58. The molecule has 1 aromatic carbocycles. The van der Waals surface area contributed by atoms with E-state index in [1.807, 2.05) is 0 Å². The highest BCUT2D eigenvalue weighted by atomic mass is 32.2. The van der Waals surface area contributed by atoms with Gasteiger partial charge in [0.25, 0.3) is 10.0 Å². The van der Waals surface area contributed by atoms with Crippen molar-refractivity contribution in [1.82, 2.24) is 4.98 Å². The van der Waals surface area contributed by atoms with Gasteiger partial charge in [-0.3, -0.25) is 4.72 Å². The molecule has 2 aromatic rings. The molecule has 0 atom stereocenters. The third-order valence-corrected chi connectivity index (χ3v) is 3.86. The molecule has 8 heteroatoms. The second kappa shape index (κ2) is 5.25. The first-order chi connectivity index (χ1) is 9.42. The summed E-state index contributed by atoms with van der Waals surface area (Å²) in [7, 11) is -3.88. The van der Waals surface area contributed by atoms with Crippen molar-refractivity contribution in [2.75, 3.05) is 10.5 Å². The van der Waals surface area contributed by atoms with E-state index in [9.17, 15) is 12.8 Å². The standard InChI is InChI=1S/C12H11FN4O2S/c13-9-1-3-10(4-2-9)20(18,19)17-11-5-12(15)16-7-8(11)6-14/h1-7,14H,(H3,15,16,17). The lowest BCUT2D eigenvalue weighted by molar-refractivity contribution is 0.599. The Balaban J connectivity index is 2.40. The fourth-order valence-corrected chi connectivity index (χ4v) is 2.58. The van der Waals surface area contributed by atoms with Crippen LogP contribution < -0.4 is 10.5 Å². The summed E-state index contributed by atoms with van der Waals surface area (Å²) < 4.78 is 39.3. The molecule has 0 aliphatic heterocycles. The van der Waals surface area contributed by atoms with E-state index in [1.54, 1.807) is 0 Å². The van der Waals surface area contributed by atoms with Gasteiger partial charge in [-0.1, -0.05) is 0 Å². The first-order valence-corrected chi connectivity index (χ1v) is 6.95. The number of halogens is 1. The van der Waals surface area contributed by atoms with Gasteiger partial charge in [-0.05, 0) is 24.3 Å². The normalized spacial score (nSPS) is 11.1. The Kier molecular flexibility index (Phi) is 3.66. The lowest BCUT2D eigenvalue weighted by atomic mass is 10.2. The molecule has 0 saturated carbocycles. The molecule has 2 rings (SSSR count). The molecule has 1 heterocycles. The molecule has 104 valence electrons. The van der Waals surface area contributed by atoms with Crippen LogP contribution in [0, 0.1) is 11.2 Å². The molecule has 0 aliphatic carbocycles. The van der Waals surface area contributed by atoms with Crippen LogP contribution in [0.5, 0.6) is 0 Å². The Morgan fingerprint density at radius 3 is 2.55 bits per heavy atom. The molecule has 0 bridgehead atoms. The zero-order valence-electron chi connectivity index (χ0n) is 10.2. The minimum Gasteiger partial charge on any atom is -0.384 e. The number of benzene rings is 1. The minimum atomic E-state index is -3.88. The van der Waals surface area contributed by atoms with Crippen molar-refractivity contribution < 1.29 is 12.8 Å². The van der Waals surface area contributed by atoms with Gasteiger partial charge in [-0.25, -0.2) is 17.8 Å². The maximum absolute atomic E-state index is 12.8. The Morgan fingerprint density at radius 2 is 1.95 bits per heavy atom.